The summed E-state index contributed by atoms with van der Waals surface area (Å²) in [5.41, 5.74) is 2.99. The maximum Gasteiger partial charge on any atom is 0.261 e. The molecular formula is C22H21N3O2S. The summed E-state index contributed by atoms with van der Waals surface area (Å²) < 4.78 is 7.27. The number of amides is 1. The van der Waals surface area contributed by atoms with Crippen molar-refractivity contribution in [2.45, 2.75) is 13.3 Å². The van der Waals surface area contributed by atoms with Crippen molar-refractivity contribution in [2.75, 3.05) is 13.7 Å². The number of thiophene rings is 1. The molecule has 0 unspecified atom stereocenters. The Balaban J connectivity index is 1.50. The standard InChI is InChI=1S/C22H21N3O2S/c1-15-18-14-20(28-22(18)25(24-15)17-9-4-3-5-10-17)21(26)23-13-12-16-8-6-7-11-19(16)27-2/h3-11,14H,12-13H2,1-2H3,(H,23,26). The van der Waals surface area contributed by atoms with Crippen molar-refractivity contribution in [3.63, 3.8) is 0 Å². The number of aromatic nitrogens is 2. The number of hydrogen-bond acceptors (Lipinski definition) is 4. The van der Waals surface area contributed by atoms with Crippen LogP contribution in [0, 0.1) is 6.92 Å². The molecule has 1 amide bonds. The molecule has 0 saturated heterocycles. The molecule has 2 aromatic carbocycles. The van der Waals surface area contributed by atoms with Gasteiger partial charge in [0.1, 0.15) is 10.6 Å². The monoisotopic (exact) mass is 391 g/mol. The minimum atomic E-state index is -0.0601. The van der Waals surface area contributed by atoms with Crippen LogP contribution >= 0.6 is 11.3 Å². The van der Waals surface area contributed by atoms with E-state index in [2.05, 4.69) is 10.4 Å². The van der Waals surface area contributed by atoms with Gasteiger partial charge < -0.3 is 10.1 Å². The number of nitrogens with one attached hydrogen (secondary N) is 1. The average molecular weight is 391 g/mol. The molecule has 0 fully saturated rings. The maximum absolute atomic E-state index is 12.7. The van der Waals surface area contributed by atoms with Crippen LogP contribution in [0.25, 0.3) is 15.9 Å². The predicted octanol–water partition coefficient (Wildman–Crippen LogP) is 4.38. The molecule has 6 heteroatoms. The zero-order valence-corrected chi connectivity index (χ0v) is 16.6. The highest BCUT2D eigenvalue weighted by molar-refractivity contribution is 7.20. The summed E-state index contributed by atoms with van der Waals surface area (Å²) >= 11 is 1.47. The van der Waals surface area contributed by atoms with E-state index in [0.29, 0.717) is 11.4 Å². The topological polar surface area (TPSA) is 56.1 Å². The zero-order valence-electron chi connectivity index (χ0n) is 15.8. The van der Waals surface area contributed by atoms with Crippen LogP contribution in [0.4, 0.5) is 0 Å². The van der Waals surface area contributed by atoms with E-state index >= 15 is 0 Å². The molecule has 28 heavy (non-hydrogen) atoms. The molecule has 2 heterocycles. The molecule has 4 aromatic rings. The molecule has 0 radical (unpaired) electrons. The van der Waals surface area contributed by atoms with Crippen molar-refractivity contribution in [2.24, 2.45) is 0 Å². The first-order valence-corrected chi connectivity index (χ1v) is 9.93. The lowest BCUT2D eigenvalue weighted by Crippen LogP contribution is -2.25. The minimum Gasteiger partial charge on any atom is -0.496 e. The lowest BCUT2D eigenvalue weighted by atomic mass is 10.1. The number of hydrogen-bond donors (Lipinski definition) is 1. The molecule has 2 aromatic heterocycles. The first-order valence-electron chi connectivity index (χ1n) is 9.12. The minimum absolute atomic E-state index is 0.0601. The number of fused-ring (bicyclic) bond motifs is 1. The van der Waals surface area contributed by atoms with Gasteiger partial charge in [-0.3, -0.25) is 4.79 Å². The Morgan fingerprint density at radius 1 is 1.14 bits per heavy atom. The summed E-state index contributed by atoms with van der Waals surface area (Å²) in [6, 6.07) is 19.8. The van der Waals surface area contributed by atoms with E-state index in [9.17, 15) is 4.79 Å². The Labute approximate surface area is 167 Å². The maximum atomic E-state index is 12.7. The molecule has 4 rings (SSSR count). The molecule has 0 atom stereocenters. The largest absolute Gasteiger partial charge is 0.496 e. The van der Waals surface area contributed by atoms with Crippen molar-refractivity contribution < 1.29 is 9.53 Å². The van der Waals surface area contributed by atoms with Crippen molar-refractivity contribution in [1.82, 2.24) is 15.1 Å². The van der Waals surface area contributed by atoms with E-state index in [0.717, 1.165) is 39.3 Å². The summed E-state index contributed by atoms with van der Waals surface area (Å²) in [4.78, 5) is 14.3. The van der Waals surface area contributed by atoms with Gasteiger partial charge in [-0.2, -0.15) is 5.10 Å². The normalized spacial score (nSPS) is 10.9. The number of methoxy groups -OCH3 is 1. The quantitative estimate of drug-likeness (QED) is 0.531. The summed E-state index contributed by atoms with van der Waals surface area (Å²) in [5.74, 6) is 0.785. The van der Waals surface area contributed by atoms with Crippen LogP contribution < -0.4 is 10.1 Å². The van der Waals surface area contributed by atoms with Gasteiger partial charge in [-0.15, -0.1) is 11.3 Å². The number of carbonyl (C=O) groups excluding carboxylic acids is 1. The molecule has 0 aliphatic heterocycles. The predicted molar refractivity (Wildman–Crippen MR) is 113 cm³/mol. The van der Waals surface area contributed by atoms with Gasteiger partial charge in [-0.05, 0) is 43.2 Å². The van der Waals surface area contributed by atoms with E-state index in [1.807, 2.05) is 72.3 Å². The van der Waals surface area contributed by atoms with Crippen molar-refractivity contribution in [3.8, 4) is 11.4 Å². The number of aryl methyl sites for hydroxylation is 1. The molecule has 0 bridgehead atoms. The Morgan fingerprint density at radius 3 is 2.68 bits per heavy atom. The fourth-order valence-corrected chi connectivity index (χ4v) is 4.31. The summed E-state index contributed by atoms with van der Waals surface area (Å²) in [6.45, 7) is 2.52. The Kier molecular flexibility index (Phi) is 5.12. The third-order valence-electron chi connectivity index (χ3n) is 4.64. The highest BCUT2D eigenvalue weighted by Gasteiger charge is 2.17. The van der Waals surface area contributed by atoms with E-state index in [4.69, 9.17) is 4.74 Å². The van der Waals surface area contributed by atoms with E-state index in [1.165, 1.54) is 11.3 Å². The van der Waals surface area contributed by atoms with Crippen LogP contribution in [-0.2, 0) is 6.42 Å². The second-order valence-corrected chi connectivity index (χ2v) is 7.51. The fourth-order valence-electron chi connectivity index (χ4n) is 3.21. The van der Waals surface area contributed by atoms with Gasteiger partial charge in [0.25, 0.3) is 5.91 Å². The molecule has 0 saturated carbocycles. The van der Waals surface area contributed by atoms with Crippen molar-refractivity contribution in [1.29, 1.82) is 0 Å². The SMILES string of the molecule is COc1ccccc1CCNC(=O)c1cc2c(C)nn(-c3ccccc3)c2s1. The van der Waals surface area contributed by atoms with Gasteiger partial charge in [0.05, 0.1) is 23.4 Å². The Bertz CT molecular complexity index is 1120. The lowest BCUT2D eigenvalue weighted by molar-refractivity contribution is 0.0958. The average Bonchev–Trinajstić information content (AvgIpc) is 3.30. The van der Waals surface area contributed by atoms with Crippen molar-refractivity contribution >= 4 is 27.5 Å². The van der Waals surface area contributed by atoms with E-state index in [1.54, 1.807) is 7.11 Å². The molecular weight excluding hydrogens is 370 g/mol. The highest BCUT2D eigenvalue weighted by atomic mass is 32.1. The number of nitrogens with zero attached hydrogens (tertiary/aromatic N) is 2. The number of ether oxygens (including phenoxy) is 1. The fraction of sp³-hybridized carbons (Fsp3) is 0.182. The summed E-state index contributed by atoms with van der Waals surface area (Å²) in [6.07, 6.45) is 0.720. The number of para-hydroxylation sites is 2. The molecule has 0 aliphatic rings. The second kappa shape index (κ2) is 7.86. The second-order valence-electron chi connectivity index (χ2n) is 6.48. The third-order valence-corrected chi connectivity index (χ3v) is 5.75. The molecule has 0 aliphatic carbocycles. The van der Waals surface area contributed by atoms with Gasteiger partial charge in [0, 0.05) is 11.9 Å². The van der Waals surface area contributed by atoms with Crippen LogP contribution in [0.3, 0.4) is 0 Å². The van der Waals surface area contributed by atoms with Crippen molar-refractivity contribution in [3.05, 3.63) is 76.8 Å². The smallest absolute Gasteiger partial charge is 0.261 e. The lowest BCUT2D eigenvalue weighted by Gasteiger charge is -2.08. The zero-order chi connectivity index (χ0) is 19.5. The molecule has 142 valence electrons. The summed E-state index contributed by atoms with van der Waals surface area (Å²) in [5, 5.41) is 8.65. The van der Waals surface area contributed by atoms with Gasteiger partial charge >= 0.3 is 0 Å². The van der Waals surface area contributed by atoms with Crippen LogP contribution in [0.5, 0.6) is 5.75 Å². The van der Waals surface area contributed by atoms with Gasteiger partial charge in [-0.25, -0.2) is 4.68 Å². The summed E-state index contributed by atoms with van der Waals surface area (Å²) in [7, 11) is 1.66. The van der Waals surface area contributed by atoms with Crippen LogP contribution in [-0.4, -0.2) is 29.3 Å². The first-order chi connectivity index (χ1) is 13.7. The molecule has 0 spiro atoms. The third kappa shape index (κ3) is 3.51. The number of benzene rings is 2. The van der Waals surface area contributed by atoms with Crippen LogP contribution in [0.1, 0.15) is 20.9 Å². The Morgan fingerprint density at radius 2 is 1.89 bits per heavy atom. The van der Waals surface area contributed by atoms with Gasteiger partial charge in [0.15, 0.2) is 0 Å². The van der Waals surface area contributed by atoms with Crippen LogP contribution in [0.2, 0.25) is 0 Å². The highest BCUT2D eigenvalue weighted by Crippen LogP contribution is 2.30. The molecule has 5 nitrogen and oxygen atoms in total. The Hall–Kier alpha value is -3.12. The van der Waals surface area contributed by atoms with E-state index in [-0.39, 0.29) is 5.91 Å². The van der Waals surface area contributed by atoms with E-state index < -0.39 is 0 Å². The van der Waals surface area contributed by atoms with Gasteiger partial charge in [0.2, 0.25) is 0 Å². The van der Waals surface area contributed by atoms with Crippen LogP contribution in [0.15, 0.2) is 60.7 Å². The number of rotatable bonds is 6. The first kappa shape index (κ1) is 18.3. The molecule has 1 N–H and O–H groups in total. The van der Waals surface area contributed by atoms with Gasteiger partial charge in [-0.1, -0.05) is 36.4 Å². The number of carbonyl (C=O) groups is 1.